The Morgan fingerprint density at radius 1 is 1.50 bits per heavy atom. The molecule has 1 aromatic rings. The van der Waals surface area contributed by atoms with Crippen molar-refractivity contribution in [3.8, 4) is 6.07 Å². The lowest BCUT2D eigenvalue weighted by molar-refractivity contribution is 0.472. The van der Waals surface area contributed by atoms with Crippen LogP contribution in [-0.2, 0) is 10.0 Å². The molecule has 0 aromatic heterocycles. The van der Waals surface area contributed by atoms with Crippen LogP contribution in [0, 0.1) is 11.3 Å². The summed E-state index contributed by atoms with van der Waals surface area (Å²) < 4.78 is 26.0. The number of benzene rings is 1. The Morgan fingerprint density at radius 3 is 2.78 bits per heavy atom. The molecule has 1 fully saturated rings. The minimum atomic E-state index is -3.66. The van der Waals surface area contributed by atoms with Gasteiger partial charge in [0.2, 0.25) is 10.0 Å². The van der Waals surface area contributed by atoms with Crippen LogP contribution < -0.4 is 5.73 Å². The van der Waals surface area contributed by atoms with Crippen LogP contribution in [0.25, 0.3) is 0 Å². The minimum Gasteiger partial charge on any atom is -0.326 e. The van der Waals surface area contributed by atoms with Crippen molar-refractivity contribution in [2.45, 2.75) is 17.4 Å². The van der Waals surface area contributed by atoms with Crippen molar-refractivity contribution in [1.29, 1.82) is 5.26 Å². The lowest BCUT2D eigenvalue weighted by Crippen LogP contribution is -2.32. The highest BCUT2D eigenvalue weighted by Crippen LogP contribution is 2.27. The number of halogens is 1. The number of hydrogen-bond acceptors (Lipinski definition) is 4. The van der Waals surface area contributed by atoms with E-state index in [9.17, 15) is 8.42 Å². The molecule has 0 aliphatic carbocycles. The van der Waals surface area contributed by atoms with Gasteiger partial charge in [0.1, 0.15) is 4.90 Å². The third-order valence-corrected chi connectivity index (χ3v) is 5.21. The first kappa shape index (κ1) is 13.3. The maximum atomic E-state index is 12.3. The van der Waals surface area contributed by atoms with E-state index >= 15 is 0 Å². The average molecular weight is 286 g/mol. The van der Waals surface area contributed by atoms with Crippen molar-refractivity contribution in [2.24, 2.45) is 5.73 Å². The molecule has 1 unspecified atom stereocenters. The van der Waals surface area contributed by atoms with Crippen LogP contribution in [0.4, 0.5) is 0 Å². The van der Waals surface area contributed by atoms with Crippen molar-refractivity contribution < 1.29 is 8.42 Å². The smallest absolute Gasteiger partial charge is 0.244 e. The fraction of sp³-hybridized carbons (Fsp3) is 0.364. The summed E-state index contributed by atoms with van der Waals surface area (Å²) >= 11 is 5.91. The third-order valence-electron chi connectivity index (χ3n) is 2.87. The molecule has 5 nitrogen and oxygen atoms in total. The molecule has 2 N–H and O–H groups in total. The molecule has 0 spiro atoms. The Morgan fingerprint density at radius 2 is 2.22 bits per heavy atom. The summed E-state index contributed by atoms with van der Waals surface area (Å²) in [6.45, 7) is 0.673. The van der Waals surface area contributed by atoms with Gasteiger partial charge in [0.25, 0.3) is 0 Å². The van der Waals surface area contributed by atoms with E-state index in [4.69, 9.17) is 22.6 Å². The Bertz CT molecular complexity index is 609. The molecule has 2 rings (SSSR count). The summed E-state index contributed by atoms with van der Waals surface area (Å²) in [5.41, 5.74) is 5.97. The fourth-order valence-electron chi connectivity index (χ4n) is 1.88. The highest BCUT2D eigenvalue weighted by molar-refractivity contribution is 7.89. The molecule has 0 saturated carbocycles. The summed E-state index contributed by atoms with van der Waals surface area (Å²) in [7, 11) is -3.66. The first-order chi connectivity index (χ1) is 8.45. The van der Waals surface area contributed by atoms with Crippen LogP contribution in [0.15, 0.2) is 23.1 Å². The molecule has 96 valence electrons. The molecular weight excluding hydrogens is 274 g/mol. The predicted molar refractivity (Wildman–Crippen MR) is 67.5 cm³/mol. The quantitative estimate of drug-likeness (QED) is 0.876. The topological polar surface area (TPSA) is 87.2 Å². The van der Waals surface area contributed by atoms with Gasteiger partial charge in [0.15, 0.2) is 0 Å². The van der Waals surface area contributed by atoms with E-state index in [-0.39, 0.29) is 28.1 Å². The van der Waals surface area contributed by atoms with E-state index in [0.29, 0.717) is 13.0 Å². The highest BCUT2D eigenvalue weighted by Gasteiger charge is 2.32. The number of rotatable bonds is 2. The van der Waals surface area contributed by atoms with E-state index in [2.05, 4.69) is 0 Å². The second kappa shape index (κ2) is 4.86. The summed E-state index contributed by atoms with van der Waals surface area (Å²) in [6.07, 6.45) is 0.634. The Hall–Kier alpha value is -1.13. The van der Waals surface area contributed by atoms with Gasteiger partial charge in [0.05, 0.1) is 16.7 Å². The van der Waals surface area contributed by atoms with Crippen LogP contribution in [0.3, 0.4) is 0 Å². The van der Waals surface area contributed by atoms with Crippen LogP contribution in [-0.4, -0.2) is 31.9 Å². The van der Waals surface area contributed by atoms with Crippen LogP contribution in [0.2, 0.25) is 5.02 Å². The number of nitriles is 1. The third kappa shape index (κ3) is 2.35. The van der Waals surface area contributed by atoms with Gasteiger partial charge in [-0.15, -0.1) is 0 Å². The Balaban J connectivity index is 2.45. The zero-order chi connectivity index (χ0) is 13.3. The molecule has 18 heavy (non-hydrogen) atoms. The summed E-state index contributed by atoms with van der Waals surface area (Å²) in [5, 5.41) is 8.92. The van der Waals surface area contributed by atoms with Crippen molar-refractivity contribution in [2.75, 3.05) is 13.1 Å². The van der Waals surface area contributed by atoms with Crippen LogP contribution >= 0.6 is 11.6 Å². The highest BCUT2D eigenvalue weighted by atomic mass is 35.5. The molecule has 1 heterocycles. The SMILES string of the molecule is N#Cc1ccc(Cl)c(S(=O)(=O)N2CCC(N)C2)c1. The molecule has 1 aliphatic heterocycles. The van der Waals surface area contributed by atoms with Crippen molar-refractivity contribution in [1.82, 2.24) is 4.31 Å². The lowest BCUT2D eigenvalue weighted by Gasteiger charge is -2.16. The van der Waals surface area contributed by atoms with Gasteiger partial charge in [-0.25, -0.2) is 8.42 Å². The summed E-state index contributed by atoms with van der Waals surface area (Å²) in [4.78, 5) is -0.0303. The van der Waals surface area contributed by atoms with E-state index in [1.54, 1.807) is 0 Å². The first-order valence-corrected chi connectivity index (χ1v) is 7.22. The van der Waals surface area contributed by atoms with E-state index in [1.165, 1.54) is 22.5 Å². The Kier molecular flexibility index (Phi) is 3.59. The first-order valence-electron chi connectivity index (χ1n) is 5.40. The van der Waals surface area contributed by atoms with Gasteiger partial charge in [-0.2, -0.15) is 9.57 Å². The number of nitrogens with zero attached hydrogens (tertiary/aromatic N) is 2. The van der Waals surface area contributed by atoms with Crippen LogP contribution in [0.5, 0.6) is 0 Å². The maximum Gasteiger partial charge on any atom is 0.244 e. The van der Waals surface area contributed by atoms with Gasteiger partial charge in [-0.1, -0.05) is 11.6 Å². The standard InChI is InChI=1S/C11H12ClN3O2S/c12-10-2-1-8(6-13)5-11(10)18(16,17)15-4-3-9(14)7-15/h1-2,5,9H,3-4,7,14H2. The zero-order valence-electron chi connectivity index (χ0n) is 9.51. The lowest BCUT2D eigenvalue weighted by atomic mass is 10.2. The van der Waals surface area contributed by atoms with Crippen molar-refractivity contribution in [3.63, 3.8) is 0 Å². The van der Waals surface area contributed by atoms with Crippen molar-refractivity contribution in [3.05, 3.63) is 28.8 Å². The second-order valence-electron chi connectivity index (χ2n) is 4.17. The predicted octanol–water partition coefficient (Wildman–Crippen LogP) is 0.933. The molecule has 0 bridgehead atoms. The van der Waals surface area contributed by atoms with Gasteiger partial charge in [-0.3, -0.25) is 0 Å². The maximum absolute atomic E-state index is 12.3. The number of hydrogen-bond donors (Lipinski definition) is 1. The molecule has 7 heteroatoms. The van der Waals surface area contributed by atoms with Gasteiger partial charge in [0, 0.05) is 19.1 Å². The fourth-order valence-corrected chi connectivity index (χ4v) is 3.89. The molecule has 1 aromatic carbocycles. The van der Waals surface area contributed by atoms with Gasteiger partial charge < -0.3 is 5.73 Å². The number of nitrogens with two attached hydrogens (primary N) is 1. The van der Waals surface area contributed by atoms with Crippen LogP contribution in [0.1, 0.15) is 12.0 Å². The van der Waals surface area contributed by atoms with Gasteiger partial charge >= 0.3 is 0 Å². The normalized spacial score (nSPS) is 20.8. The molecular formula is C11H12ClN3O2S. The van der Waals surface area contributed by atoms with E-state index < -0.39 is 10.0 Å². The van der Waals surface area contributed by atoms with E-state index in [1.807, 2.05) is 6.07 Å². The Labute approximate surface area is 111 Å². The zero-order valence-corrected chi connectivity index (χ0v) is 11.1. The average Bonchev–Trinajstić information content (AvgIpc) is 2.77. The van der Waals surface area contributed by atoms with E-state index in [0.717, 1.165) is 0 Å². The second-order valence-corrected chi connectivity index (χ2v) is 6.48. The van der Waals surface area contributed by atoms with Crippen molar-refractivity contribution >= 4 is 21.6 Å². The molecule has 1 atom stereocenters. The monoisotopic (exact) mass is 285 g/mol. The molecule has 0 radical (unpaired) electrons. The summed E-state index contributed by atoms with van der Waals surface area (Å²) in [5.74, 6) is 0. The largest absolute Gasteiger partial charge is 0.326 e. The summed E-state index contributed by atoms with van der Waals surface area (Å²) in [6, 6.07) is 5.95. The minimum absolute atomic E-state index is 0.0303. The molecule has 0 amide bonds. The molecule has 1 saturated heterocycles. The van der Waals surface area contributed by atoms with Gasteiger partial charge in [-0.05, 0) is 24.6 Å². The number of sulfonamides is 1. The molecule has 1 aliphatic rings.